The van der Waals surface area contributed by atoms with Gasteiger partial charge in [-0.1, -0.05) is 23.7 Å². The van der Waals surface area contributed by atoms with Gasteiger partial charge in [0, 0.05) is 5.02 Å². The molecule has 2 aromatic carbocycles. The first-order valence-electron chi connectivity index (χ1n) is 5.98. The molecule has 0 aliphatic heterocycles. The zero-order chi connectivity index (χ0) is 14.5. The second-order valence-electron chi connectivity index (χ2n) is 4.19. The number of aliphatic hydroxyl groups is 1. The van der Waals surface area contributed by atoms with Gasteiger partial charge < -0.3 is 14.6 Å². The zero-order valence-corrected chi connectivity index (χ0v) is 13.2. The highest BCUT2D eigenvalue weighted by Gasteiger charge is 2.11. The van der Waals surface area contributed by atoms with Gasteiger partial charge in [-0.3, -0.25) is 0 Å². The third kappa shape index (κ3) is 3.66. The standard InChI is InChI=1S/C15H14BrClO3/c1-19-14-7-11(8-18)6-13(16)15(14)20-9-10-3-2-4-12(17)5-10/h2-7,18H,8-9H2,1H3. The molecule has 0 saturated heterocycles. The number of methoxy groups -OCH3 is 1. The molecule has 0 saturated carbocycles. The van der Waals surface area contributed by atoms with Crippen LogP contribution in [0.3, 0.4) is 0 Å². The quantitative estimate of drug-likeness (QED) is 0.872. The molecule has 0 unspecified atom stereocenters. The predicted octanol–water partition coefficient (Wildman–Crippen LogP) is 4.18. The summed E-state index contributed by atoms with van der Waals surface area (Å²) < 4.78 is 11.8. The van der Waals surface area contributed by atoms with Gasteiger partial charge in [-0.25, -0.2) is 0 Å². The van der Waals surface area contributed by atoms with Crippen LogP contribution < -0.4 is 9.47 Å². The second kappa shape index (κ2) is 6.97. The van der Waals surface area contributed by atoms with E-state index >= 15 is 0 Å². The molecule has 5 heteroatoms. The van der Waals surface area contributed by atoms with Crippen LogP contribution in [0.4, 0.5) is 0 Å². The fourth-order valence-corrected chi connectivity index (χ4v) is 2.60. The summed E-state index contributed by atoms with van der Waals surface area (Å²) >= 11 is 9.36. The van der Waals surface area contributed by atoms with Crippen LogP contribution in [0.1, 0.15) is 11.1 Å². The van der Waals surface area contributed by atoms with Gasteiger partial charge in [-0.2, -0.15) is 0 Å². The van der Waals surface area contributed by atoms with Crippen molar-refractivity contribution in [2.24, 2.45) is 0 Å². The number of ether oxygens (including phenoxy) is 2. The summed E-state index contributed by atoms with van der Waals surface area (Å²) in [7, 11) is 1.56. The van der Waals surface area contributed by atoms with Crippen molar-refractivity contribution in [3.8, 4) is 11.5 Å². The van der Waals surface area contributed by atoms with Crippen LogP contribution in [0.15, 0.2) is 40.9 Å². The summed E-state index contributed by atoms with van der Waals surface area (Å²) in [5, 5.41) is 9.85. The molecule has 0 bridgehead atoms. The normalized spacial score (nSPS) is 10.4. The molecule has 0 aliphatic rings. The van der Waals surface area contributed by atoms with Crippen molar-refractivity contribution in [3.63, 3.8) is 0 Å². The number of halogens is 2. The van der Waals surface area contributed by atoms with Crippen molar-refractivity contribution in [2.75, 3.05) is 7.11 Å². The Balaban J connectivity index is 2.20. The van der Waals surface area contributed by atoms with Crippen molar-refractivity contribution in [3.05, 3.63) is 57.0 Å². The molecule has 0 aliphatic carbocycles. The maximum atomic E-state index is 9.18. The van der Waals surface area contributed by atoms with Crippen molar-refractivity contribution < 1.29 is 14.6 Å². The van der Waals surface area contributed by atoms with E-state index in [2.05, 4.69) is 15.9 Å². The fraction of sp³-hybridized carbons (Fsp3) is 0.200. The van der Waals surface area contributed by atoms with E-state index in [1.165, 1.54) is 0 Å². The number of rotatable bonds is 5. The molecule has 106 valence electrons. The molecule has 2 rings (SSSR count). The highest BCUT2D eigenvalue weighted by Crippen LogP contribution is 2.37. The number of benzene rings is 2. The van der Waals surface area contributed by atoms with E-state index in [9.17, 15) is 5.11 Å². The largest absolute Gasteiger partial charge is 0.493 e. The molecule has 0 atom stereocenters. The Labute approximate surface area is 131 Å². The highest BCUT2D eigenvalue weighted by atomic mass is 79.9. The minimum Gasteiger partial charge on any atom is -0.493 e. The smallest absolute Gasteiger partial charge is 0.175 e. The molecule has 0 radical (unpaired) electrons. The number of hydrogen-bond donors (Lipinski definition) is 1. The third-order valence-corrected chi connectivity index (χ3v) is 3.57. The average Bonchev–Trinajstić information content (AvgIpc) is 2.45. The monoisotopic (exact) mass is 356 g/mol. The van der Waals surface area contributed by atoms with Crippen molar-refractivity contribution in [1.82, 2.24) is 0 Å². The molecule has 0 fully saturated rings. The minimum atomic E-state index is -0.0521. The number of aliphatic hydroxyl groups excluding tert-OH is 1. The van der Waals surface area contributed by atoms with Crippen LogP contribution in [-0.4, -0.2) is 12.2 Å². The van der Waals surface area contributed by atoms with Crippen molar-refractivity contribution in [2.45, 2.75) is 13.2 Å². The van der Waals surface area contributed by atoms with Crippen LogP contribution in [0.2, 0.25) is 5.02 Å². The summed E-state index contributed by atoms with van der Waals surface area (Å²) in [5.41, 5.74) is 1.72. The minimum absolute atomic E-state index is 0.0521. The van der Waals surface area contributed by atoms with E-state index in [-0.39, 0.29) is 6.61 Å². The lowest BCUT2D eigenvalue weighted by Gasteiger charge is -2.14. The second-order valence-corrected chi connectivity index (χ2v) is 5.48. The van der Waals surface area contributed by atoms with Gasteiger partial charge in [0.1, 0.15) is 6.61 Å². The first-order valence-corrected chi connectivity index (χ1v) is 7.15. The van der Waals surface area contributed by atoms with E-state index in [0.29, 0.717) is 23.1 Å². The van der Waals surface area contributed by atoms with Gasteiger partial charge in [0.15, 0.2) is 11.5 Å². The first kappa shape index (κ1) is 15.2. The summed E-state index contributed by atoms with van der Waals surface area (Å²) in [5.74, 6) is 1.18. The Morgan fingerprint density at radius 2 is 2.00 bits per heavy atom. The van der Waals surface area contributed by atoms with E-state index in [1.54, 1.807) is 19.2 Å². The Morgan fingerprint density at radius 1 is 1.20 bits per heavy atom. The van der Waals surface area contributed by atoms with Crippen LogP contribution >= 0.6 is 27.5 Å². The SMILES string of the molecule is COc1cc(CO)cc(Br)c1OCc1cccc(Cl)c1. The molecule has 0 heterocycles. The molecule has 1 N–H and O–H groups in total. The maximum Gasteiger partial charge on any atom is 0.175 e. The van der Waals surface area contributed by atoms with Crippen LogP contribution in [0.25, 0.3) is 0 Å². The Bertz CT molecular complexity index is 602. The van der Waals surface area contributed by atoms with Gasteiger partial charge in [-0.05, 0) is 51.3 Å². The Kier molecular flexibility index (Phi) is 5.29. The first-order chi connectivity index (χ1) is 9.63. The summed E-state index contributed by atoms with van der Waals surface area (Å²) in [6.07, 6.45) is 0. The molecule has 0 amide bonds. The van der Waals surface area contributed by atoms with Crippen LogP contribution in [0, 0.1) is 0 Å². The van der Waals surface area contributed by atoms with E-state index in [1.807, 2.05) is 24.3 Å². The number of hydrogen-bond acceptors (Lipinski definition) is 3. The topological polar surface area (TPSA) is 38.7 Å². The molecule has 0 spiro atoms. The molecular weight excluding hydrogens is 344 g/mol. The Hall–Kier alpha value is -1.23. The fourth-order valence-electron chi connectivity index (χ4n) is 1.79. The summed E-state index contributed by atoms with van der Waals surface area (Å²) in [6, 6.07) is 11.0. The zero-order valence-electron chi connectivity index (χ0n) is 10.9. The van der Waals surface area contributed by atoms with E-state index in [0.717, 1.165) is 15.6 Å². The van der Waals surface area contributed by atoms with E-state index < -0.39 is 0 Å². The van der Waals surface area contributed by atoms with Gasteiger partial charge in [0.25, 0.3) is 0 Å². The maximum absolute atomic E-state index is 9.18. The van der Waals surface area contributed by atoms with Gasteiger partial charge in [-0.15, -0.1) is 0 Å². The summed E-state index contributed by atoms with van der Waals surface area (Å²) in [4.78, 5) is 0. The highest BCUT2D eigenvalue weighted by molar-refractivity contribution is 9.10. The Morgan fingerprint density at radius 3 is 2.65 bits per heavy atom. The molecular formula is C15H14BrClO3. The molecule has 0 aromatic heterocycles. The van der Waals surface area contributed by atoms with Crippen molar-refractivity contribution in [1.29, 1.82) is 0 Å². The molecule has 3 nitrogen and oxygen atoms in total. The van der Waals surface area contributed by atoms with Crippen LogP contribution in [0.5, 0.6) is 11.5 Å². The summed E-state index contributed by atoms with van der Waals surface area (Å²) in [6.45, 7) is 0.331. The lowest BCUT2D eigenvalue weighted by atomic mass is 10.2. The van der Waals surface area contributed by atoms with Gasteiger partial charge in [0.05, 0.1) is 18.2 Å². The van der Waals surface area contributed by atoms with Crippen molar-refractivity contribution >= 4 is 27.5 Å². The van der Waals surface area contributed by atoms with E-state index in [4.69, 9.17) is 21.1 Å². The lowest BCUT2D eigenvalue weighted by Crippen LogP contribution is -1.99. The average molecular weight is 358 g/mol. The molecule has 20 heavy (non-hydrogen) atoms. The van der Waals surface area contributed by atoms with Gasteiger partial charge >= 0.3 is 0 Å². The third-order valence-electron chi connectivity index (χ3n) is 2.74. The predicted molar refractivity (Wildman–Crippen MR) is 82.4 cm³/mol. The molecule has 2 aromatic rings. The lowest BCUT2D eigenvalue weighted by molar-refractivity contribution is 0.273. The van der Waals surface area contributed by atoms with Gasteiger partial charge in [0.2, 0.25) is 0 Å². The van der Waals surface area contributed by atoms with Crippen LogP contribution in [-0.2, 0) is 13.2 Å².